The molecule has 1 aliphatic rings. The van der Waals surface area contributed by atoms with E-state index in [1.165, 1.54) is 19.3 Å². The summed E-state index contributed by atoms with van der Waals surface area (Å²) in [5.74, 6) is 0. The predicted molar refractivity (Wildman–Crippen MR) is 53.3 cm³/mol. The highest BCUT2D eigenvalue weighted by atomic mass is 16.5. The maximum absolute atomic E-state index is 5.30. The number of rotatable bonds is 0. The molecule has 1 aliphatic heterocycles. The molecule has 0 unspecified atom stereocenters. The Bertz CT molecular complexity index is 198. The van der Waals surface area contributed by atoms with Crippen LogP contribution in [0.4, 0.5) is 5.69 Å². The molecule has 0 amide bonds. The lowest BCUT2D eigenvalue weighted by Crippen LogP contribution is -2.03. The van der Waals surface area contributed by atoms with Crippen LogP contribution >= 0.6 is 0 Å². The Labute approximate surface area is 78.9 Å². The third-order valence-electron chi connectivity index (χ3n) is 1.76. The van der Waals surface area contributed by atoms with Crippen LogP contribution in [0.5, 0.6) is 0 Å². The van der Waals surface area contributed by atoms with E-state index in [4.69, 9.17) is 10.5 Å². The number of hydrogen-bond donors (Lipinski definition) is 1. The molecule has 3 heteroatoms. The summed E-state index contributed by atoms with van der Waals surface area (Å²) >= 11 is 0. The number of nitrogens with zero attached hydrogens (tertiary/aromatic N) is 1. The lowest BCUT2D eigenvalue weighted by atomic mass is 10.2. The highest BCUT2D eigenvalue weighted by molar-refractivity contribution is 5.32. The molecule has 2 rings (SSSR count). The van der Waals surface area contributed by atoms with Crippen molar-refractivity contribution in [1.82, 2.24) is 4.98 Å². The summed E-state index contributed by atoms with van der Waals surface area (Å²) in [7, 11) is 0. The molecule has 2 heterocycles. The van der Waals surface area contributed by atoms with Crippen molar-refractivity contribution in [1.29, 1.82) is 0 Å². The molecule has 1 aromatic rings. The SMILES string of the molecule is C1CCOCC1.Nc1cccnc1. The van der Waals surface area contributed by atoms with Crippen LogP contribution in [0.15, 0.2) is 24.5 Å². The van der Waals surface area contributed by atoms with Crippen molar-refractivity contribution in [2.75, 3.05) is 18.9 Å². The third-order valence-corrected chi connectivity index (χ3v) is 1.76. The molecule has 0 aromatic carbocycles. The topological polar surface area (TPSA) is 48.1 Å². The van der Waals surface area contributed by atoms with Gasteiger partial charge in [-0.05, 0) is 31.4 Å². The number of aromatic nitrogens is 1. The molecule has 0 bridgehead atoms. The van der Waals surface area contributed by atoms with E-state index in [0.29, 0.717) is 5.69 Å². The molecule has 13 heavy (non-hydrogen) atoms. The van der Waals surface area contributed by atoms with E-state index >= 15 is 0 Å². The number of nitrogen functional groups attached to an aromatic ring is 1. The zero-order valence-corrected chi connectivity index (χ0v) is 7.78. The van der Waals surface area contributed by atoms with Crippen molar-refractivity contribution in [3.05, 3.63) is 24.5 Å². The number of nitrogens with two attached hydrogens (primary N) is 1. The van der Waals surface area contributed by atoms with Gasteiger partial charge in [0.15, 0.2) is 0 Å². The van der Waals surface area contributed by atoms with Crippen molar-refractivity contribution < 1.29 is 4.74 Å². The van der Waals surface area contributed by atoms with Gasteiger partial charge in [0.2, 0.25) is 0 Å². The van der Waals surface area contributed by atoms with Crippen molar-refractivity contribution in [3.63, 3.8) is 0 Å². The number of ether oxygens (including phenoxy) is 1. The van der Waals surface area contributed by atoms with Gasteiger partial charge >= 0.3 is 0 Å². The first kappa shape index (κ1) is 9.99. The lowest BCUT2D eigenvalue weighted by molar-refractivity contribution is 0.0968. The highest BCUT2D eigenvalue weighted by Crippen LogP contribution is 2.02. The highest BCUT2D eigenvalue weighted by Gasteiger charge is 1.95. The Morgan fingerprint density at radius 3 is 2.23 bits per heavy atom. The maximum atomic E-state index is 5.30. The van der Waals surface area contributed by atoms with E-state index < -0.39 is 0 Å². The van der Waals surface area contributed by atoms with Crippen LogP contribution in [0.25, 0.3) is 0 Å². The van der Waals surface area contributed by atoms with Crippen LogP contribution < -0.4 is 5.73 Å². The first-order chi connectivity index (χ1) is 6.39. The molecule has 72 valence electrons. The lowest BCUT2D eigenvalue weighted by Gasteiger charge is -2.08. The second-order valence-corrected chi connectivity index (χ2v) is 2.96. The minimum atomic E-state index is 0.711. The summed E-state index contributed by atoms with van der Waals surface area (Å²) < 4.78 is 5.07. The average Bonchev–Trinajstić information content (AvgIpc) is 2.22. The Kier molecular flexibility index (Phi) is 4.94. The molecule has 1 saturated heterocycles. The maximum Gasteiger partial charge on any atom is 0.0500 e. The number of pyridine rings is 1. The van der Waals surface area contributed by atoms with Crippen molar-refractivity contribution >= 4 is 5.69 Å². The van der Waals surface area contributed by atoms with Gasteiger partial charge in [-0.1, -0.05) is 0 Å². The molecule has 0 atom stereocenters. The predicted octanol–water partition coefficient (Wildman–Crippen LogP) is 1.85. The van der Waals surface area contributed by atoms with Gasteiger partial charge in [0.1, 0.15) is 0 Å². The molecule has 1 fully saturated rings. The summed E-state index contributed by atoms with van der Waals surface area (Å²) in [6, 6.07) is 3.60. The van der Waals surface area contributed by atoms with Crippen LogP contribution in [0.1, 0.15) is 19.3 Å². The van der Waals surface area contributed by atoms with Crippen LogP contribution in [0, 0.1) is 0 Å². The normalized spacial score (nSPS) is 15.7. The summed E-state index contributed by atoms with van der Waals surface area (Å²) in [4.78, 5) is 3.76. The third kappa shape index (κ3) is 5.20. The van der Waals surface area contributed by atoms with Crippen LogP contribution in [0.3, 0.4) is 0 Å². The van der Waals surface area contributed by atoms with E-state index in [1.54, 1.807) is 24.5 Å². The first-order valence-corrected chi connectivity index (χ1v) is 4.63. The van der Waals surface area contributed by atoms with Crippen LogP contribution in [-0.2, 0) is 4.74 Å². The molecule has 0 saturated carbocycles. The largest absolute Gasteiger partial charge is 0.397 e. The molecule has 0 radical (unpaired) electrons. The van der Waals surface area contributed by atoms with Gasteiger partial charge in [-0.25, -0.2) is 0 Å². The fraction of sp³-hybridized carbons (Fsp3) is 0.500. The zero-order valence-electron chi connectivity index (χ0n) is 7.78. The van der Waals surface area contributed by atoms with Gasteiger partial charge in [0.05, 0.1) is 5.69 Å². The van der Waals surface area contributed by atoms with Gasteiger partial charge < -0.3 is 10.5 Å². The van der Waals surface area contributed by atoms with Crippen molar-refractivity contribution in [2.24, 2.45) is 0 Å². The van der Waals surface area contributed by atoms with Gasteiger partial charge in [-0.15, -0.1) is 0 Å². The number of hydrogen-bond acceptors (Lipinski definition) is 3. The second-order valence-electron chi connectivity index (χ2n) is 2.96. The Morgan fingerprint density at radius 1 is 1.23 bits per heavy atom. The average molecular weight is 180 g/mol. The minimum absolute atomic E-state index is 0.711. The Morgan fingerprint density at radius 2 is 2.00 bits per heavy atom. The summed E-state index contributed by atoms with van der Waals surface area (Å²) in [6.45, 7) is 2.00. The minimum Gasteiger partial charge on any atom is -0.397 e. The summed E-state index contributed by atoms with van der Waals surface area (Å²) in [5, 5.41) is 0. The van der Waals surface area contributed by atoms with Gasteiger partial charge in [-0.3, -0.25) is 4.98 Å². The van der Waals surface area contributed by atoms with Crippen LogP contribution in [0.2, 0.25) is 0 Å². The van der Waals surface area contributed by atoms with E-state index in [1.807, 2.05) is 0 Å². The van der Waals surface area contributed by atoms with E-state index in [0.717, 1.165) is 13.2 Å². The second kappa shape index (κ2) is 6.43. The van der Waals surface area contributed by atoms with Crippen molar-refractivity contribution in [3.8, 4) is 0 Å². The van der Waals surface area contributed by atoms with Gasteiger partial charge in [-0.2, -0.15) is 0 Å². The smallest absolute Gasteiger partial charge is 0.0500 e. The van der Waals surface area contributed by atoms with Crippen molar-refractivity contribution in [2.45, 2.75) is 19.3 Å². The molecule has 2 N–H and O–H groups in total. The molecule has 3 nitrogen and oxygen atoms in total. The Balaban J connectivity index is 0.000000132. The summed E-state index contributed by atoms with van der Waals surface area (Å²) in [5.41, 5.74) is 6.01. The standard InChI is InChI=1S/C5H6N2.C5H10O/c6-5-2-1-3-7-4-5;1-2-4-6-5-3-1/h1-4H,6H2;1-5H2. The van der Waals surface area contributed by atoms with Gasteiger partial charge in [0.25, 0.3) is 0 Å². The van der Waals surface area contributed by atoms with Gasteiger partial charge in [0, 0.05) is 25.6 Å². The van der Waals surface area contributed by atoms with Crippen LogP contribution in [-0.4, -0.2) is 18.2 Å². The first-order valence-electron chi connectivity index (χ1n) is 4.63. The molecule has 1 aromatic heterocycles. The Hall–Kier alpha value is -1.09. The van der Waals surface area contributed by atoms with E-state index in [9.17, 15) is 0 Å². The van der Waals surface area contributed by atoms with E-state index in [-0.39, 0.29) is 0 Å². The monoisotopic (exact) mass is 180 g/mol. The molecular formula is C10H16N2O. The summed E-state index contributed by atoms with van der Waals surface area (Å²) in [6.07, 6.45) is 7.23. The molecule has 0 spiro atoms. The fourth-order valence-electron chi connectivity index (χ4n) is 1.06. The fourth-order valence-corrected chi connectivity index (χ4v) is 1.06. The number of anilines is 1. The molecule has 0 aliphatic carbocycles. The molecular weight excluding hydrogens is 164 g/mol. The van der Waals surface area contributed by atoms with E-state index in [2.05, 4.69) is 4.98 Å². The zero-order chi connectivity index (χ0) is 9.36. The quantitative estimate of drug-likeness (QED) is 0.662.